The van der Waals surface area contributed by atoms with Gasteiger partial charge in [-0.25, -0.2) is 4.79 Å². The van der Waals surface area contributed by atoms with Gasteiger partial charge in [-0.3, -0.25) is 9.69 Å². The number of nitrogens with zero attached hydrogens (tertiary/aromatic N) is 2. The molecule has 1 N–H and O–H groups in total. The molecule has 0 saturated carbocycles. The molecule has 2 unspecified atom stereocenters. The maximum Gasteiger partial charge on any atom is 0.401 e. The van der Waals surface area contributed by atoms with Crippen LogP contribution in [0, 0.1) is 5.92 Å². The van der Waals surface area contributed by atoms with Gasteiger partial charge in [-0.2, -0.15) is 13.2 Å². The van der Waals surface area contributed by atoms with Crippen molar-refractivity contribution in [2.45, 2.75) is 44.3 Å². The van der Waals surface area contributed by atoms with E-state index in [1.54, 1.807) is 0 Å². The fraction of sp³-hybridized carbons (Fsp3) is 0.857. The highest BCUT2D eigenvalue weighted by atomic mass is 19.4. The van der Waals surface area contributed by atoms with Crippen LogP contribution in [0.15, 0.2) is 0 Å². The number of carbonyl (C=O) groups is 2. The highest BCUT2D eigenvalue weighted by Gasteiger charge is 2.39. The SMILES string of the molecule is O=C(O)C1CCCCN1C(=O)C1CCCN(CC(F)(F)F)C1. The van der Waals surface area contributed by atoms with Gasteiger partial charge in [-0.15, -0.1) is 0 Å². The monoisotopic (exact) mass is 322 g/mol. The Kier molecular flexibility index (Phi) is 5.31. The molecule has 0 aliphatic carbocycles. The van der Waals surface area contributed by atoms with Crippen molar-refractivity contribution in [1.29, 1.82) is 0 Å². The molecule has 2 aliphatic rings. The molecule has 1 amide bonds. The third-order valence-corrected chi connectivity index (χ3v) is 4.33. The van der Waals surface area contributed by atoms with E-state index in [0.29, 0.717) is 32.4 Å². The number of amides is 1. The van der Waals surface area contributed by atoms with Gasteiger partial charge in [-0.05, 0) is 38.6 Å². The molecule has 8 heteroatoms. The lowest BCUT2D eigenvalue weighted by atomic mass is 9.93. The second kappa shape index (κ2) is 6.85. The zero-order chi connectivity index (χ0) is 16.3. The number of carbonyl (C=O) groups excluding carboxylic acids is 1. The van der Waals surface area contributed by atoms with Crippen molar-refractivity contribution in [1.82, 2.24) is 9.80 Å². The third-order valence-electron chi connectivity index (χ3n) is 4.33. The molecular weight excluding hydrogens is 301 g/mol. The van der Waals surface area contributed by atoms with E-state index >= 15 is 0 Å². The van der Waals surface area contributed by atoms with E-state index in [4.69, 9.17) is 0 Å². The topological polar surface area (TPSA) is 60.9 Å². The minimum absolute atomic E-state index is 0.0567. The first kappa shape index (κ1) is 17.1. The average Bonchev–Trinajstić information content (AvgIpc) is 2.45. The number of likely N-dealkylation sites (tertiary alicyclic amines) is 2. The summed E-state index contributed by atoms with van der Waals surface area (Å²) < 4.78 is 37.4. The first-order valence-electron chi connectivity index (χ1n) is 7.60. The molecule has 126 valence electrons. The highest BCUT2D eigenvalue weighted by molar-refractivity contribution is 5.85. The van der Waals surface area contributed by atoms with Gasteiger partial charge in [0.2, 0.25) is 5.91 Å². The largest absolute Gasteiger partial charge is 0.480 e. The molecule has 0 radical (unpaired) electrons. The molecule has 0 aromatic heterocycles. The Balaban J connectivity index is 2.00. The fourth-order valence-corrected chi connectivity index (χ4v) is 3.34. The second-order valence-corrected chi connectivity index (χ2v) is 6.07. The molecule has 2 heterocycles. The van der Waals surface area contributed by atoms with Gasteiger partial charge >= 0.3 is 12.1 Å². The molecule has 2 aliphatic heterocycles. The molecule has 22 heavy (non-hydrogen) atoms. The van der Waals surface area contributed by atoms with Crippen LogP contribution in [0.3, 0.4) is 0 Å². The van der Waals surface area contributed by atoms with Crippen molar-refractivity contribution in [3.63, 3.8) is 0 Å². The predicted molar refractivity (Wildman–Crippen MR) is 72.2 cm³/mol. The van der Waals surface area contributed by atoms with Crippen molar-refractivity contribution in [2.24, 2.45) is 5.92 Å². The van der Waals surface area contributed by atoms with E-state index in [1.165, 1.54) is 9.80 Å². The van der Waals surface area contributed by atoms with Gasteiger partial charge in [-0.1, -0.05) is 0 Å². The Hall–Kier alpha value is -1.31. The summed E-state index contributed by atoms with van der Waals surface area (Å²) in [6, 6.07) is -0.834. The predicted octanol–water partition coefficient (Wildman–Crippen LogP) is 1.73. The van der Waals surface area contributed by atoms with Gasteiger partial charge in [0, 0.05) is 13.1 Å². The highest BCUT2D eigenvalue weighted by Crippen LogP contribution is 2.26. The van der Waals surface area contributed by atoms with Crippen molar-refractivity contribution < 1.29 is 27.9 Å². The number of hydrogen-bond donors (Lipinski definition) is 1. The molecule has 2 rings (SSSR count). The lowest BCUT2D eigenvalue weighted by molar-refractivity contribution is -0.159. The summed E-state index contributed by atoms with van der Waals surface area (Å²) in [5.41, 5.74) is 0. The number of halogens is 3. The van der Waals surface area contributed by atoms with E-state index < -0.39 is 30.7 Å². The normalized spacial score (nSPS) is 27.7. The first-order valence-corrected chi connectivity index (χ1v) is 7.60. The minimum atomic E-state index is -4.28. The Morgan fingerprint density at radius 1 is 1.09 bits per heavy atom. The van der Waals surface area contributed by atoms with Crippen molar-refractivity contribution >= 4 is 11.9 Å². The molecular formula is C14H21F3N2O3. The standard InChI is InChI=1S/C14H21F3N2O3/c15-14(16,17)9-18-6-3-4-10(8-18)12(20)19-7-2-1-5-11(19)13(21)22/h10-11H,1-9H2,(H,21,22). The zero-order valence-corrected chi connectivity index (χ0v) is 12.3. The van der Waals surface area contributed by atoms with Crippen LogP contribution in [-0.4, -0.2) is 65.2 Å². The molecule has 0 bridgehead atoms. The molecule has 2 atom stereocenters. The Morgan fingerprint density at radius 2 is 1.82 bits per heavy atom. The second-order valence-electron chi connectivity index (χ2n) is 6.07. The van der Waals surface area contributed by atoms with Gasteiger partial charge < -0.3 is 10.0 Å². The number of carboxylic acids is 1. The quantitative estimate of drug-likeness (QED) is 0.859. The summed E-state index contributed by atoms with van der Waals surface area (Å²) in [6.45, 7) is -0.252. The van der Waals surface area contributed by atoms with E-state index in [0.717, 1.165) is 12.8 Å². The fourth-order valence-electron chi connectivity index (χ4n) is 3.34. The van der Waals surface area contributed by atoms with Crippen LogP contribution in [0.5, 0.6) is 0 Å². The smallest absolute Gasteiger partial charge is 0.401 e. The third kappa shape index (κ3) is 4.34. The van der Waals surface area contributed by atoms with Crippen LogP contribution in [0.4, 0.5) is 13.2 Å². The molecule has 5 nitrogen and oxygen atoms in total. The van der Waals surface area contributed by atoms with Crippen LogP contribution < -0.4 is 0 Å². The van der Waals surface area contributed by atoms with E-state index in [1.807, 2.05) is 0 Å². The molecule has 2 saturated heterocycles. The van der Waals surface area contributed by atoms with Crippen molar-refractivity contribution in [2.75, 3.05) is 26.2 Å². The molecule has 0 spiro atoms. The van der Waals surface area contributed by atoms with Crippen LogP contribution >= 0.6 is 0 Å². The summed E-state index contributed by atoms with van der Waals surface area (Å²) >= 11 is 0. The van der Waals surface area contributed by atoms with Crippen molar-refractivity contribution in [3.05, 3.63) is 0 Å². The van der Waals surface area contributed by atoms with E-state index in [9.17, 15) is 27.9 Å². The lowest BCUT2D eigenvalue weighted by Crippen LogP contribution is -2.53. The summed E-state index contributed by atoms with van der Waals surface area (Å²) in [5.74, 6) is -1.87. The lowest BCUT2D eigenvalue weighted by Gasteiger charge is -2.38. The maximum atomic E-state index is 12.5. The summed E-state index contributed by atoms with van der Waals surface area (Å²) in [4.78, 5) is 26.4. The Morgan fingerprint density at radius 3 is 2.45 bits per heavy atom. The maximum absolute atomic E-state index is 12.5. The average molecular weight is 322 g/mol. The minimum Gasteiger partial charge on any atom is -0.480 e. The number of rotatable bonds is 3. The van der Waals surface area contributed by atoms with Crippen LogP contribution in [0.2, 0.25) is 0 Å². The van der Waals surface area contributed by atoms with Crippen LogP contribution in [-0.2, 0) is 9.59 Å². The summed E-state index contributed by atoms with van der Waals surface area (Å²) in [6.07, 6.45) is -1.31. The van der Waals surface area contributed by atoms with E-state index in [-0.39, 0.29) is 12.5 Å². The Labute approximate surface area is 127 Å². The van der Waals surface area contributed by atoms with Gasteiger partial charge in [0.25, 0.3) is 0 Å². The number of carboxylic acid groups (broad SMARTS) is 1. The van der Waals surface area contributed by atoms with Crippen LogP contribution in [0.25, 0.3) is 0 Å². The summed E-state index contributed by atoms with van der Waals surface area (Å²) in [5, 5.41) is 9.21. The number of hydrogen-bond acceptors (Lipinski definition) is 3. The first-order chi connectivity index (χ1) is 10.3. The van der Waals surface area contributed by atoms with Crippen LogP contribution in [0.1, 0.15) is 32.1 Å². The Bertz CT molecular complexity index is 428. The number of piperidine rings is 2. The number of aliphatic carboxylic acids is 1. The summed E-state index contributed by atoms with van der Waals surface area (Å²) in [7, 11) is 0. The number of alkyl halides is 3. The molecule has 0 aromatic rings. The van der Waals surface area contributed by atoms with Gasteiger partial charge in [0.15, 0.2) is 0 Å². The van der Waals surface area contributed by atoms with Gasteiger partial charge in [0.1, 0.15) is 6.04 Å². The van der Waals surface area contributed by atoms with Crippen molar-refractivity contribution in [3.8, 4) is 0 Å². The zero-order valence-electron chi connectivity index (χ0n) is 12.3. The molecule has 0 aromatic carbocycles. The molecule has 2 fully saturated rings. The van der Waals surface area contributed by atoms with E-state index in [2.05, 4.69) is 0 Å². The van der Waals surface area contributed by atoms with Gasteiger partial charge in [0.05, 0.1) is 12.5 Å².